The summed E-state index contributed by atoms with van der Waals surface area (Å²) in [5.74, 6) is -1.42. The molecule has 1 aromatic carbocycles. The molecule has 0 radical (unpaired) electrons. The number of fused-ring (bicyclic) bond motifs is 1. The number of carbonyl (C=O) groups is 2. The molecule has 4 N–H and O–H groups in total. The SMILES string of the molecule is Cc1c(/C=C/C(=O)O)c(O)n(Nc2cc(CN3CCN(C(=O)OC(C)(C)C)CC3)c3ccc(Br)cc3n2)c1O. The lowest BCUT2D eigenvalue weighted by Crippen LogP contribution is -2.49. The van der Waals surface area contributed by atoms with Crippen molar-refractivity contribution in [2.45, 2.75) is 39.8 Å². The number of aromatic nitrogens is 2. The van der Waals surface area contributed by atoms with Gasteiger partial charge in [0.25, 0.3) is 0 Å². The zero-order chi connectivity index (χ0) is 28.5. The fraction of sp³-hybridized carbons (Fsp3) is 0.370. The van der Waals surface area contributed by atoms with Crippen LogP contribution < -0.4 is 5.43 Å². The number of aliphatic carboxylic acids is 1. The molecule has 1 aliphatic heterocycles. The molecule has 0 aliphatic carbocycles. The smallest absolute Gasteiger partial charge is 0.410 e. The maximum Gasteiger partial charge on any atom is 0.410 e. The van der Waals surface area contributed by atoms with Gasteiger partial charge in [-0.3, -0.25) is 10.3 Å². The lowest BCUT2D eigenvalue weighted by Gasteiger charge is -2.35. The van der Waals surface area contributed by atoms with E-state index in [1.165, 1.54) is 6.08 Å². The van der Waals surface area contributed by atoms with Crippen molar-refractivity contribution >= 4 is 50.8 Å². The maximum atomic E-state index is 12.4. The third-order valence-corrected chi connectivity index (χ3v) is 6.79. The number of nitrogens with zero attached hydrogens (tertiary/aromatic N) is 4. The van der Waals surface area contributed by atoms with E-state index in [1.807, 2.05) is 45.0 Å². The highest BCUT2D eigenvalue weighted by Gasteiger charge is 2.26. The van der Waals surface area contributed by atoms with Crippen LogP contribution in [-0.4, -0.2) is 78.6 Å². The molecule has 4 rings (SSSR count). The monoisotopic (exact) mass is 601 g/mol. The first-order valence-electron chi connectivity index (χ1n) is 12.4. The van der Waals surface area contributed by atoms with Gasteiger partial charge in [0.15, 0.2) is 0 Å². The van der Waals surface area contributed by atoms with Crippen LogP contribution in [0.15, 0.2) is 34.8 Å². The average Bonchev–Trinajstić information content (AvgIpc) is 3.04. The number of carboxylic acid groups (broad SMARTS) is 1. The molecular formula is C27H32BrN5O6. The van der Waals surface area contributed by atoms with Crippen LogP contribution in [0.3, 0.4) is 0 Å². The van der Waals surface area contributed by atoms with Crippen LogP contribution in [0.1, 0.15) is 37.5 Å². The predicted octanol–water partition coefficient (Wildman–Crippen LogP) is 4.54. The van der Waals surface area contributed by atoms with Crippen LogP contribution in [0.4, 0.5) is 10.6 Å². The van der Waals surface area contributed by atoms with Gasteiger partial charge in [0.05, 0.1) is 5.52 Å². The summed E-state index contributed by atoms with van der Waals surface area (Å²) in [5, 5.41) is 31.2. The normalized spacial score (nSPS) is 14.7. The molecule has 0 atom stereocenters. The van der Waals surface area contributed by atoms with Crippen LogP contribution in [0.25, 0.3) is 17.0 Å². The highest BCUT2D eigenvalue weighted by Crippen LogP contribution is 2.34. The van der Waals surface area contributed by atoms with Gasteiger partial charge in [-0.05, 0) is 57.5 Å². The quantitative estimate of drug-likeness (QED) is 0.299. The van der Waals surface area contributed by atoms with Gasteiger partial charge >= 0.3 is 12.1 Å². The van der Waals surface area contributed by atoms with Crippen LogP contribution in [0.5, 0.6) is 11.8 Å². The summed E-state index contributed by atoms with van der Waals surface area (Å²) in [5.41, 5.74) is 4.55. The Kier molecular flexibility index (Phi) is 8.07. The zero-order valence-corrected chi connectivity index (χ0v) is 23.8. The molecule has 208 valence electrons. The van der Waals surface area contributed by atoms with Gasteiger partial charge in [-0.2, -0.15) is 4.68 Å². The fourth-order valence-electron chi connectivity index (χ4n) is 4.37. The molecule has 12 heteroatoms. The Morgan fingerprint density at radius 3 is 2.46 bits per heavy atom. The molecule has 0 unspecified atom stereocenters. The van der Waals surface area contributed by atoms with Gasteiger partial charge in [0.1, 0.15) is 11.4 Å². The first-order valence-corrected chi connectivity index (χ1v) is 13.2. The number of ether oxygens (including phenoxy) is 1. The summed E-state index contributed by atoms with van der Waals surface area (Å²) in [7, 11) is 0. The van der Waals surface area contributed by atoms with Crippen LogP contribution >= 0.6 is 15.9 Å². The molecule has 2 aromatic heterocycles. The lowest BCUT2D eigenvalue weighted by molar-refractivity contribution is -0.131. The number of halogens is 1. The van der Waals surface area contributed by atoms with Crippen molar-refractivity contribution in [1.82, 2.24) is 19.5 Å². The number of hydrogen-bond donors (Lipinski definition) is 4. The Labute approximate surface area is 234 Å². The summed E-state index contributed by atoms with van der Waals surface area (Å²) in [4.78, 5) is 32.0. The van der Waals surface area contributed by atoms with Crippen molar-refractivity contribution in [1.29, 1.82) is 0 Å². The van der Waals surface area contributed by atoms with Crippen molar-refractivity contribution in [2.75, 3.05) is 31.6 Å². The van der Waals surface area contributed by atoms with E-state index in [4.69, 9.17) is 9.84 Å². The summed E-state index contributed by atoms with van der Waals surface area (Å²) in [6.07, 6.45) is 1.79. The second-order valence-corrected chi connectivity index (χ2v) is 11.3. The minimum atomic E-state index is -1.17. The van der Waals surface area contributed by atoms with Crippen molar-refractivity contribution in [3.05, 3.63) is 51.5 Å². The molecule has 0 saturated carbocycles. The van der Waals surface area contributed by atoms with E-state index in [2.05, 4.69) is 31.2 Å². The molecule has 0 bridgehead atoms. The summed E-state index contributed by atoms with van der Waals surface area (Å²) >= 11 is 3.49. The van der Waals surface area contributed by atoms with Crippen LogP contribution in [0.2, 0.25) is 0 Å². The maximum absolute atomic E-state index is 12.4. The van der Waals surface area contributed by atoms with E-state index >= 15 is 0 Å². The third-order valence-electron chi connectivity index (χ3n) is 6.30. The molecule has 1 amide bonds. The molecule has 3 aromatic rings. The number of nitrogens with one attached hydrogen (secondary N) is 1. The van der Waals surface area contributed by atoms with E-state index in [-0.39, 0.29) is 23.4 Å². The van der Waals surface area contributed by atoms with E-state index < -0.39 is 11.6 Å². The Morgan fingerprint density at radius 1 is 1.13 bits per heavy atom. The van der Waals surface area contributed by atoms with Crippen molar-refractivity contribution in [2.24, 2.45) is 0 Å². The Bertz CT molecular complexity index is 1440. The molecule has 1 aliphatic rings. The molecule has 11 nitrogen and oxygen atoms in total. The van der Waals surface area contributed by atoms with Gasteiger partial charge in [0, 0.05) is 59.8 Å². The van der Waals surface area contributed by atoms with E-state index in [0.29, 0.717) is 49.6 Å². The van der Waals surface area contributed by atoms with Crippen molar-refractivity contribution in [3.63, 3.8) is 0 Å². The molecule has 1 saturated heterocycles. The van der Waals surface area contributed by atoms with Crippen molar-refractivity contribution < 1.29 is 29.6 Å². The summed E-state index contributed by atoms with van der Waals surface area (Å²) in [6, 6.07) is 7.64. The summed E-state index contributed by atoms with van der Waals surface area (Å²) < 4.78 is 7.41. The molecule has 39 heavy (non-hydrogen) atoms. The number of amides is 1. The Balaban J connectivity index is 1.59. The number of rotatable bonds is 6. The minimum absolute atomic E-state index is 0.175. The average molecular weight is 602 g/mol. The molecular weight excluding hydrogens is 570 g/mol. The standard InChI is InChI=1S/C27H32BrN5O6/c1-16-19(7-8-23(34)35)25(37)33(24(16)36)30-22-13-17(20-6-5-18(28)14-21(20)29-22)15-31-9-11-32(12-10-31)26(38)39-27(2,3)4/h5-8,13-14,36-37H,9-12,15H2,1-4H3,(H,29,30)(H,34,35)/b8-7+. The number of hydrogen-bond acceptors (Lipinski definition) is 8. The van der Waals surface area contributed by atoms with Crippen molar-refractivity contribution in [3.8, 4) is 11.8 Å². The zero-order valence-electron chi connectivity index (χ0n) is 22.2. The van der Waals surface area contributed by atoms with Crippen LogP contribution in [-0.2, 0) is 16.1 Å². The third kappa shape index (κ3) is 6.63. The number of anilines is 1. The van der Waals surface area contributed by atoms with E-state index in [1.54, 1.807) is 11.8 Å². The first kappa shape index (κ1) is 28.2. The largest absolute Gasteiger partial charge is 0.493 e. The van der Waals surface area contributed by atoms with Gasteiger partial charge in [-0.15, -0.1) is 0 Å². The second kappa shape index (κ2) is 11.1. The highest BCUT2D eigenvalue weighted by atomic mass is 79.9. The van der Waals surface area contributed by atoms with E-state index in [0.717, 1.165) is 26.2 Å². The van der Waals surface area contributed by atoms with Gasteiger partial charge in [0.2, 0.25) is 11.8 Å². The van der Waals surface area contributed by atoms with Gasteiger partial charge in [-0.25, -0.2) is 14.6 Å². The molecule has 1 fully saturated rings. The fourth-order valence-corrected chi connectivity index (χ4v) is 4.72. The predicted molar refractivity (Wildman–Crippen MR) is 151 cm³/mol. The lowest BCUT2D eigenvalue weighted by atomic mass is 10.1. The minimum Gasteiger partial charge on any atom is -0.493 e. The second-order valence-electron chi connectivity index (χ2n) is 10.4. The number of carbonyl (C=O) groups excluding carboxylic acids is 1. The molecule has 0 spiro atoms. The number of carboxylic acids is 1. The summed E-state index contributed by atoms with van der Waals surface area (Å²) in [6.45, 7) is 10.1. The van der Waals surface area contributed by atoms with Gasteiger partial charge < -0.3 is 25.0 Å². The van der Waals surface area contributed by atoms with Gasteiger partial charge in [-0.1, -0.05) is 22.0 Å². The molecule has 3 heterocycles. The Hall–Kier alpha value is -3.77. The van der Waals surface area contributed by atoms with Crippen LogP contribution in [0, 0.1) is 6.92 Å². The number of piperazine rings is 1. The topological polar surface area (TPSA) is 140 Å². The number of benzene rings is 1. The van der Waals surface area contributed by atoms with E-state index in [9.17, 15) is 19.8 Å². The first-order chi connectivity index (χ1) is 18.3. The number of aromatic hydroxyl groups is 2. The highest BCUT2D eigenvalue weighted by molar-refractivity contribution is 9.10. The number of pyridine rings is 1. The Morgan fingerprint density at radius 2 is 1.82 bits per heavy atom.